The SMILES string of the molecule is CCOC[C@H]1COCCC12CCN(Cc1ccccc1OC)CC2. The third kappa shape index (κ3) is 3.93. The lowest BCUT2D eigenvalue weighted by Gasteiger charge is -2.49. The van der Waals surface area contributed by atoms with Crippen molar-refractivity contribution in [2.45, 2.75) is 32.7 Å². The van der Waals surface area contributed by atoms with Crippen molar-refractivity contribution in [2.75, 3.05) is 46.6 Å². The van der Waals surface area contributed by atoms with Gasteiger partial charge in [0.1, 0.15) is 5.75 Å². The summed E-state index contributed by atoms with van der Waals surface area (Å²) < 4.78 is 17.0. The normalized spacial score (nSPS) is 24.2. The molecule has 1 spiro atoms. The summed E-state index contributed by atoms with van der Waals surface area (Å²) in [6.07, 6.45) is 3.69. The topological polar surface area (TPSA) is 30.9 Å². The van der Waals surface area contributed by atoms with Crippen molar-refractivity contribution in [3.05, 3.63) is 29.8 Å². The molecule has 134 valence electrons. The van der Waals surface area contributed by atoms with Gasteiger partial charge >= 0.3 is 0 Å². The van der Waals surface area contributed by atoms with Crippen molar-refractivity contribution in [3.8, 4) is 5.75 Å². The van der Waals surface area contributed by atoms with Crippen LogP contribution in [0.4, 0.5) is 0 Å². The van der Waals surface area contributed by atoms with Gasteiger partial charge in [0.2, 0.25) is 0 Å². The van der Waals surface area contributed by atoms with E-state index < -0.39 is 0 Å². The lowest BCUT2D eigenvalue weighted by atomic mass is 9.66. The molecule has 0 aliphatic carbocycles. The average molecular weight is 333 g/mol. The first-order valence-corrected chi connectivity index (χ1v) is 9.27. The smallest absolute Gasteiger partial charge is 0.123 e. The lowest BCUT2D eigenvalue weighted by Crippen LogP contribution is -2.49. The lowest BCUT2D eigenvalue weighted by molar-refractivity contribution is -0.0993. The van der Waals surface area contributed by atoms with Gasteiger partial charge in [0.05, 0.1) is 20.3 Å². The van der Waals surface area contributed by atoms with E-state index in [0.717, 1.165) is 51.8 Å². The highest BCUT2D eigenvalue weighted by atomic mass is 16.5. The van der Waals surface area contributed by atoms with Gasteiger partial charge in [-0.25, -0.2) is 0 Å². The minimum atomic E-state index is 0.421. The fraction of sp³-hybridized carbons (Fsp3) is 0.700. The van der Waals surface area contributed by atoms with Crippen molar-refractivity contribution in [1.82, 2.24) is 4.90 Å². The first-order chi connectivity index (χ1) is 11.8. The molecule has 1 aromatic rings. The van der Waals surface area contributed by atoms with Crippen molar-refractivity contribution in [3.63, 3.8) is 0 Å². The Morgan fingerprint density at radius 2 is 2.00 bits per heavy atom. The predicted molar refractivity (Wildman–Crippen MR) is 95.4 cm³/mol. The number of rotatable bonds is 6. The van der Waals surface area contributed by atoms with E-state index in [1.54, 1.807) is 7.11 Å². The van der Waals surface area contributed by atoms with Crippen LogP contribution in [0.5, 0.6) is 5.75 Å². The van der Waals surface area contributed by atoms with Gasteiger partial charge in [-0.3, -0.25) is 4.90 Å². The molecule has 0 amide bonds. The molecular formula is C20H31NO3. The summed E-state index contributed by atoms with van der Waals surface area (Å²) in [5, 5.41) is 0. The largest absolute Gasteiger partial charge is 0.496 e. The Bertz CT molecular complexity index is 511. The van der Waals surface area contributed by atoms with E-state index in [1.165, 1.54) is 24.8 Å². The first-order valence-electron chi connectivity index (χ1n) is 9.27. The number of piperidine rings is 1. The van der Waals surface area contributed by atoms with Crippen LogP contribution in [0.3, 0.4) is 0 Å². The average Bonchev–Trinajstić information content (AvgIpc) is 2.63. The van der Waals surface area contributed by atoms with E-state index in [2.05, 4.69) is 30.0 Å². The number of hydrogen-bond donors (Lipinski definition) is 0. The molecule has 0 unspecified atom stereocenters. The summed E-state index contributed by atoms with van der Waals surface area (Å²) in [4.78, 5) is 2.57. The Morgan fingerprint density at radius 3 is 2.75 bits per heavy atom. The van der Waals surface area contributed by atoms with Crippen LogP contribution in [0, 0.1) is 11.3 Å². The Kier molecular flexibility index (Phi) is 6.14. The molecule has 3 rings (SSSR count). The zero-order valence-electron chi connectivity index (χ0n) is 15.1. The fourth-order valence-electron chi connectivity index (χ4n) is 4.26. The molecule has 0 saturated carbocycles. The molecular weight excluding hydrogens is 302 g/mol. The maximum absolute atomic E-state index is 5.75. The number of hydrogen-bond acceptors (Lipinski definition) is 4. The minimum Gasteiger partial charge on any atom is -0.496 e. The molecule has 4 heteroatoms. The highest BCUT2D eigenvalue weighted by molar-refractivity contribution is 5.33. The Labute approximate surface area is 146 Å². The molecule has 1 atom stereocenters. The molecule has 24 heavy (non-hydrogen) atoms. The van der Waals surface area contributed by atoms with Crippen LogP contribution in [-0.4, -0.2) is 51.5 Å². The van der Waals surface area contributed by atoms with Crippen LogP contribution in [0.25, 0.3) is 0 Å². The second-order valence-corrected chi connectivity index (χ2v) is 7.13. The van der Waals surface area contributed by atoms with Gasteiger partial charge in [0, 0.05) is 31.2 Å². The van der Waals surface area contributed by atoms with Crippen LogP contribution < -0.4 is 4.74 Å². The highest BCUT2D eigenvalue weighted by Crippen LogP contribution is 2.45. The molecule has 2 aliphatic heterocycles. The number of likely N-dealkylation sites (tertiary alicyclic amines) is 1. The Morgan fingerprint density at radius 1 is 1.21 bits per heavy atom. The van der Waals surface area contributed by atoms with Crippen molar-refractivity contribution in [1.29, 1.82) is 0 Å². The molecule has 2 fully saturated rings. The van der Waals surface area contributed by atoms with E-state index >= 15 is 0 Å². The zero-order chi connectivity index (χ0) is 16.8. The van der Waals surface area contributed by atoms with Gasteiger partial charge in [0.15, 0.2) is 0 Å². The standard InChI is InChI=1S/C20H31NO3/c1-3-23-15-18-16-24-13-10-20(18)8-11-21(12-9-20)14-17-6-4-5-7-19(17)22-2/h4-7,18H,3,8-16H2,1-2H3/t18-/m0/s1. The molecule has 2 heterocycles. The predicted octanol–water partition coefficient (Wildman–Crippen LogP) is 3.35. The summed E-state index contributed by atoms with van der Waals surface area (Å²) >= 11 is 0. The van der Waals surface area contributed by atoms with Crippen LogP contribution in [-0.2, 0) is 16.0 Å². The van der Waals surface area contributed by atoms with Crippen LogP contribution in [0.1, 0.15) is 31.7 Å². The third-order valence-electron chi connectivity index (χ3n) is 5.89. The van der Waals surface area contributed by atoms with E-state index in [0.29, 0.717) is 11.3 Å². The molecule has 2 saturated heterocycles. The monoisotopic (exact) mass is 333 g/mol. The summed E-state index contributed by atoms with van der Waals surface area (Å²) in [6.45, 7) is 8.79. The molecule has 0 N–H and O–H groups in total. The molecule has 0 aromatic heterocycles. The maximum atomic E-state index is 5.75. The Balaban J connectivity index is 1.59. The van der Waals surface area contributed by atoms with Gasteiger partial charge in [-0.1, -0.05) is 18.2 Å². The van der Waals surface area contributed by atoms with E-state index in [-0.39, 0.29) is 0 Å². The van der Waals surface area contributed by atoms with Crippen molar-refractivity contribution >= 4 is 0 Å². The van der Waals surface area contributed by atoms with Gasteiger partial charge in [-0.05, 0) is 50.8 Å². The summed E-state index contributed by atoms with van der Waals surface area (Å²) in [5.74, 6) is 1.55. The highest BCUT2D eigenvalue weighted by Gasteiger charge is 2.43. The Hall–Kier alpha value is -1.10. The van der Waals surface area contributed by atoms with Gasteiger partial charge < -0.3 is 14.2 Å². The van der Waals surface area contributed by atoms with E-state index in [9.17, 15) is 0 Å². The summed E-state index contributed by atoms with van der Waals surface area (Å²) in [5.41, 5.74) is 1.71. The van der Waals surface area contributed by atoms with E-state index in [1.807, 2.05) is 6.07 Å². The molecule has 2 aliphatic rings. The van der Waals surface area contributed by atoms with Crippen molar-refractivity contribution in [2.24, 2.45) is 11.3 Å². The van der Waals surface area contributed by atoms with Crippen molar-refractivity contribution < 1.29 is 14.2 Å². The second-order valence-electron chi connectivity index (χ2n) is 7.13. The summed E-state index contributed by atoms with van der Waals surface area (Å²) in [7, 11) is 1.75. The summed E-state index contributed by atoms with van der Waals surface area (Å²) in [6, 6.07) is 8.36. The van der Waals surface area contributed by atoms with Gasteiger partial charge in [-0.15, -0.1) is 0 Å². The van der Waals surface area contributed by atoms with Crippen LogP contribution >= 0.6 is 0 Å². The molecule has 0 radical (unpaired) electrons. The van der Waals surface area contributed by atoms with E-state index in [4.69, 9.17) is 14.2 Å². The molecule has 1 aromatic carbocycles. The number of nitrogens with zero attached hydrogens (tertiary/aromatic N) is 1. The quantitative estimate of drug-likeness (QED) is 0.799. The minimum absolute atomic E-state index is 0.421. The zero-order valence-corrected chi connectivity index (χ0v) is 15.1. The maximum Gasteiger partial charge on any atom is 0.123 e. The second kappa shape index (κ2) is 8.32. The van der Waals surface area contributed by atoms with Gasteiger partial charge in [0.25, 0.3) is 0 Å². The number of benzene rings is 1. The molecule has 0 bridgehead atoms. The number of methoxy groups -OCH3 is 1. The first kappa shape index (κ1) is 17.7. The van der Waals surface area contributed by atoms with Gasteiger partial charge in [-0.2, -0.15) is 0 Å². The molecule has 4 nitrogen and oxygen atoms in total. The fourth-order valence-corrected chi connectivity index (χ4v) is 4.26. The van der Waals surface area contributed by atoms with Crippen LogP contribution in [0.15, 0.2) is 24.3 Å². The van der Waals surface area contributed by atoms with Crippen LogP contribution in [0.2, 0.25) is 0 Å². The number of para-hydroxylation sites is 1. The third-order valence-corrected chi connectivity index (χ3v) is 5.89. The number of ether oxygens (including phenoxy) is 3.